The molecule has 1 aliphatic rings. The summed E-state index contributed by atoms with van der Waals surface area (Å²) in [7, 11) is 0. The first-order chi connectivity index (χ1) is 13.1. The van der Waals surface area contributed by atoms with Gasteiger partial charge in [-0.2, -0.15) is 0 Å². The number of rotatable bonds is 3. The predicted molar refractivity (Wildman–Crippen MR) is 118 cm³/mol. The first-order valence-electron chi connectivity index (χ1n) is 10.9. The van der Waals surface area contributed by atoms with E-state index in [0.29, 0.717) is 11.8 Å². The maximum atomic E-state index is 11.1. The van der Waals surface area contributed by atoms with E-state index < -0.39 is 0 Å². The lowest BCUT2D eigenvalue weighted by molar-refractivity contribution is -0.930. The largest absolute Gasteiger partial charge is 0.507 e. The van der Waals surface area contributed by atoms with E-state index in [0.717, 1.165) is 11.1 Å². The summed E-state index contributed by atoms with van der Waals surface area (Å²) in [5.41, 5.74) is 4.65. The van der Waals surface area contributed by atoms with E-state index in [1.165, 1.54) is 43.5 Å². The number of hydrogen-bond donors (Lipinski definition) is 2. The van der Waals surface area contributed by atoms with E-state index in [1.807, 2.05) is 0 Å². The number of hydrogen-bond acceptors (Lipinski definition) is 1. The van der Waals surface area contributed by atoms with Crippen molar-refractivity contribution in [1.82, 2.24) is 0 Å². The molecule has 1 atom stereocenters. The van der Waals surface area contributed by atoms with Crippen LogP contribution in [0.2, 0.25) is 0 Å². The van der Waals surface area contributed by atoms with Gasteiger partial charge in [0, 0.05) is 22.3 Å². The molecule has 3 rings (SSSR count). The molecule has 0 aliphatic carbocycles. The molecule has 1 fully saturated rings. The number of piperidine rings is 1. The normalized spacial score (nSPS) is 17.5. The van der Waals surface area contributed by atoms with Crippen LogP contribution in [0.25, 0.3) is 0 Å². The van der Waals surface area contributed by atoms with Gasteiger partial charge < -0.3 is 10.0 Å². The summed E-state index contributed by atoms with van der Waals surface area (Å²) in [5.74, 6) is 0.476. The maximum Gasteiger partial charge on any atom is 0.139 e. The molecular formula is C26H38NO+. The van der Waals surface area contributed by atoms with Crippen LogP contribution in [0.1, 0.15) is 89.1 Å². The fourth-order valence-corrected chi connectivity index (χ4v) is 4.57. The SMILES string of the molecule is CC(C)(C)c1cc([C@@H](c2ccccc2)[NH+]2CCCCC2)cc(C(C)(C)C)c1O. The fraction of sp³-hybridized carbons (Fsp3) is 0.538. The summed E-state index contributed by atoms with van der Waals surface area (Å²) < 4.78 is 0. The molecule has 2 N–H and O–H groups in total. The summed E-state index contributed by atoms with van der Waals surface area (Å²) in [6.45, 7) is 15.6. The molecule has 2 aromatic carbocycles. The highest BCUT2D eigenvalue weighted by Gasteiger charge is 2.32. The zero-order chi connectivity index (χ0) is 20.5. The Labute approximate surface area is 171 Å². The number of aromatic hydroxyl groups is 1. The summed E-state index contributed by atoms with van der Waals surface area (Å²) in [4.78, 5) is 1.66. The molecule has 28 heavy (non-hydrogen) atoms. The summed E-state index contributed by atoms with van der Waals surface area (Å²) >= 11 is 0. The highest BCUT2D eigenvalue weighted by molar-refractivity contribution is 5.51. The highest BCUT2D eigenvalue weighted by Crippen LogP contribution is 2.41. The van der Waals surface area contributed by atoms with Crippen molar-refractivity contribution >= 4 is 0 Å². The van der Waals surface area contributed by atoms with Gasteiger partial charge in [-0.3, -0.25) is 0 Å². The number of phenolic OH excluding ortho intramolecular Hbond substituents is 1. The molecule has 0 spiro atoms. The van der Waals surface area contributed by atoms with Gasteiger partial charge in [0.15, 0.2) is 0 Å². The first-order valence-corrected chi connectivity index (χ1v) is 10.9. The molecule has 1 heterocycles. The van der Waals surface area contributed by atoms with Gasteiger partial charge in [-0.05, 0) is 42.2 Å². The molecule has 0 saturated carbocycles. The molecule has 2 heteroatoms. The second kappa shape index (κ2) is 7.91. The van der Waals surface area contributed by atoms with Crippen LogP contribution in [0.4, 0.5) is 0 Å². The van der Waals surface area contributed by atoms with Crippen LogP contribution in [0.3, 0.4) is 0 Å². The topological polar surface area (TPSA) is 24.7 Å². The van der Waals surface area contributed by atoms with E-state index in [2.05, 4.69) is 84.0 Å². The van der Waals surface area contributed by atoms with Gasteiger partial charge in [-0.1, -0.05) is 71.9 Å². The minimum atomic E-state index is -0.0986. The van der Waals surface area contributed by atoms with Gasteiger partial charge >= 0.3 is 0 Å². The van der Waals surface area contributed by atoms with Gasteiger partial charge in [-0.25, -0.2) is 0 Å². The third-order valence-electron chi connectivity index (χ3n) is 6.12. The summed E-state index contributed by atoms with van der Waals surface area (Å²) in [5, 5.41) is 11.1. The maximum absolute atomic E-state index is 11.1. The molecule has 0 radical (unpaired) electrons. The zero-order valence-electron chi connectivity index (χ0n) is 18.6. The van der Waals surface area contributed by atoms with Crippen LogP contribution in [0, 0.1) is 0 Å². The van der Waals surface area contributed by atoms with Crippen molar-refractivity contribution in [2.75, 3.05) is 13.1 Å². The Balaban J connectivity index is 2.21. The monoisotopic (exact) mass is 380 g/mol. The smallest absolute Gasteiger partial charge is 0.139 e. The zero-order valence-corrected chi connectivity index (χ0v) is 18.6. The van der Waals surface area contributed by atoms with Crippen molar-refractivity contribution in [3.63, 3.8) is 0 Å². The van der Waals surface area contributed by atoms with Gasteiger partial charge in [0.05, 0.1) is 13.1 Å². The van der Waals surface area contributed by atoms with Crippen molar-refractivity contribution < 1.29 is 10.0 Å². The second-order valence-electron chi connectivity index (χ2n) is 10.5. The van der Waals surface area contributed by atoms with Crippen LogP contribution in [-0.4, -0.2) is 18.2 Å². The predicted octanol–water partition coefficient (Wildman–Crippen LogP) is 5.15. The number of quaternary nitrogens is 1. The minimum absolute atomic E-state index is 0.0986. The Kier molecular flexibility index (Phi) is 5.91. The Morgan fingerprint density at radius 2 is 1.25 bits per heavy atom. The van der Waals surface area contributed by atoms with Gasteiger partial charge in [0.25, 0.3) is 0 Å². The Morgan fingerprint density at radius 3 is 1.71 bits per heavy atom. The van der Waals surface area contributed by atoms with Crippen molar-refractivity contribution in [2.24, 2.45) is 0 Å². The summed E-state index contributed by atoms with van der Waals surface area (Å²) in [6, 6.07) is 15.8. The van der Waals surface area contributed by atoms with Crippen LogP contribution in [0.5, 0.6) is 5.75 Å². The number of likely N-dealkylation sites (tertiary alicyclic amines) is 1. The van der Waals surface area contributed by atoms with Gasteiger partial charge in [0.1, 0.15) is 11.8 Å². The molecule has 1 aliphatic heterocycles. The Morgan fingerprint density at radius 1 is 0.750 bits per heavy atom. The van der Waals surface area contributed by atoms with Gasteiger partial charge in [0.2, 0.25) is 0 Å². The van der Waals surface area contributed by atoms with Crippen molar-refractivity contribution in [3.8, 4) is 5.75 Å². The van der Waals surface area contributed by atoms with Gasteiger partial charge in [-0.15, -0.1) is 0 Å². The highest BCUT2D eigenvalue weighted by atomic mass is 16.3. The fourth-order valence-electron chi connectivity index (χ4n) is 4.57. The Bertz CT molecular complexity index is 754. The summed E-state index contributed by atoms with van der Waals surface area (Å²) in [6.07, 6.45) is 3.95. The van der Waals surface area contributed by atoms with Crippen molar-refractivity contribution in [3.05, 3.63) is 64.7 Å². The number of nitrogens with one attached hydrogen (secondary N) is 1. The van der Waals surface area contributed by atoms with E-state index >= 15 is 0 Å². The van der Waals surface area contributed by atoms with E-state index in [-0.39, 0.29) is 10.8 Å². The molecule has 0 unspecified atom stereocenters. The minimum Gasteiger partial charge on any atom is -0.507 e. The quantitative estimate of drug-likeness (QED) is 0.757. The molecule has 0 amide bonds. The van der Waals surface area contributed by atoms with Crippen molar-refractivity contribution in [1.29, 1.82) is 0 Å². The molecule has 2 aromatic rings. The van der Waals surface area contributed by atoms with E-state index in [1.54, 1.807) is 4.90 Å². The lowest BCUT2D eigenvalue weighted by Gasteiger charge is -2.34. The molecule has 152 valence electrons. The third kappa shape index (κ3) is 4.43. The van der Waals surface area contributed by atoms with Crippen LogP contribution in [0.15, 0.2) is 42.5 Å². The average molecular weight is 381 g/mol. The Hall–Kier alpha value is -1.80. The van der Waals surface area contributed by atoms with Crippen LogP contribution >= 0.6 is 0 Å². The molecule has 0 aromatic heterocycles. The van der Waals surface area contributed by atoms with Crippen LogP contribution in [-0.2, 0) is 10.8 Å². The second-order valence-corrected chi connectivity index (χ2v) is 10.5. The lowest BCUT2D eigenvalue weighted by Crippen LogP contribution is -3.13. The molecule has 0 bridgehead atoms. The first kappa shape index (κ1) is 20.9. The lowest BCUT2D eigenvalue weighted by atomic mass is 9.77. The van der Waals surface area contributed by atoms with Crippen molar-refractivity contribution in [2.45, 2.75) is 77.7 Å². The third-order valence-corrected chi connectivity index (χ3v) is 6.12. The number of phenols is 1. The standard InChI is InChI=1S/C26H37NO/c1-25(2,3)21-17-20(18-22(24(21)28)26(4,5)6)23(19-13-9-7-10-14-19)27-15-11-8-12-16-27/h7,9-10,13-14,17-18,23,28H,8,11-12,15-16H2,1-6H3/p+1/t23-/m1/s1. The molecular weight excluding hydrogens is 342 g/mol. The van der Waals surface area contributed by atoms with E-state index in [4.69, 9.17) is 0 Å². The number of benzene rings is 2. The molecule has 1 saturated heterocycles. The van der Waals surface area contributed by atoms with E-state index in [9.17, 15) is 5.11 Å². The van der Waals surface area contributed by atoms with Crippen LogP contribution < -0.4 is 4.90 Å². The molecule has 2 nitrogen and oxygen atoms in total. The average Bonchev–Trinajstić information content (AvgIpc) is 2.63.